The number of carboxylic acid groups (broad SMARTS) is 1. The molecular formula is C17H16N4O4S. The van der Waals surface area contributed by atoms with Gasteiger partial charge in [-0.1, -0.05) is 18.2 Å². The minimum absolute atomic E-state index is 0.0122. The van der Waals surface area contributed by atoms with Crippen molar-refractivity contribution in [3.8, 4) is 0 Å². The molecule has 1 aromatic carbocycles. The van der Waals surface area contributed by atoms with Gasteiger partial charge in [-0.25, -0.2) is 4.79 Å². The van der Waals surface area contributed by atoms with E-state index in [0.29, 0.717) is 0 Å². The van der Waals surface area contributed by atoms with Gasteiger partial charge in [0.1, 0.15) is 0 Å². The van der Waals surface area contributed by atoms with E-state index in [2.05, 4.69) is 15.3 Å². The molecule has 0 unspecified atom stereocenters. The van der Waals surface area contributed by atoms with Gasteiger partial charge in [-0.15, -0.1) is 0 Å². The van der Waals surface area contributed by atoms with Gasteiger partial charge >= 0.3 is 5.97 Å². The Kier molecular flexibility index (Phi) is 4.81. The molecule has 2 aromatic rings. The molecule has 1 aromatic heterocycles. The predicted molar refractivity (Wildman–Crippen MR) is 98.9 cm³/mol. The van der Waals surface area contributed by atoms with Crippen LogP contribution in [-0.4, -0.2) is 57.2 Å². The fourth-order valence-corrected chi connectivity index (χ4v) is 2.91. The number of carboxylic acids is 1. The summed E-state index contributed by atoms with van der Waals surface area (Å²) in [5.74, 6) is -3.49. The quantitative estimate of drug-likeness (QED) is 0.406. The smallest absolute Gasteiger partial charge is 0.328 e. The Bertz CT molecular complexity index is 936. The molecule has 1 fully saturated rings. The lowest BCUT2D eigenvalue weighted by Crippen LogP contribution is -2.56. The number of nitrogens with one attached hydrogen (secondary N) is 2. The van der Waals surface area contributed by atoms with Crippen molar-refractivity contribution in [2.75, 3.05) is 7.05 Å². The number of aromatic amines is 1. The standard InChI is InChI=1S/C17H16N4O4S/c1-21-15(23)11(14(22)20-17(21)26)8-19-13(16(24)25)6-9-7-18-12-5-3-2-4-10(9)12/h2-5,7-8,11,13,18H,6H2,1H3,(H,24,25)(H,20,22,26)/t11-,13+/m0/s1. The molecule has 0 radical (unpaired) electrons. The molecule has 0 aliphatic carbocycles. The van der Waals surface area contributed by atoms with Crippen molar-refractivity contribution in [1.29, 1.82) is 0 Å². The number of aromatic nitrogens is 1. The Morgan fingerprint density at radius 1 is 1.42 bits per heavy atom. The highest BCUT2D eigenvalue weighted by Crippen LogP contribution is 2.20. The number of nitrogens with zero attached hydrogens (tertiary/aromatic N) is 2. The topological polar surface area (TPSA) is 115 Å². The van der Waals surface area contributed by atoms with E-state index < -0.39 is 29.7 Å². The maximum absolute atomic E-state index is 12.2. The third-order valence-corrected chi connectivity index (χ3v) is 4.58. The van der Waals surface area contributed by atoms with E-state index in [0.717, 1.165) is 27.6 Å². The number of fused-ring (bicyclic) bond motifs is 1. The number of carbonyl (C=O) groups is 3. The Labute approximate surface area is 153 Å². The van der Waals surface area contributed by atoms with Crippen LogP contribution in [0.25, 0.3) is 10.9 Å². The summed E-state index contributed by atoms with van der Waals surface area (Å²) < 4.78 is 0. The number of para-hydroxylation sites is 1. The maximum Gasteiger partial charge on any atom is 0.328 e. The first-order valence-electron chi connectivity index (χ1n) is 7.82. The molecular weight excluding hydrogens is 356 g/mol. The van der Waals surface area contributed by atoms with E-state index in [1.54, 1.807) is 6.20 Å². The molecule has 2 heterocycles. The van der Waals surface area contributed by atoms with Crippen molar-refractivity contribution >= 4 is 52.2 Å². The summed E-state index contributed by atoms with van der Waals surface area (Å²) in [4.78, 5) is 43.9. The van der Waals surface area contributed by atoms with Crippen molar-refractivity contribution in [1.82, 2.24) is 15.2 Å². The van der Waals surface area contributed by atoms with Gasteiger partial charge in [0.05, 0.1) is 0 Å². The molecule has 1 aliphatic heterocycles. The maximum atomic E-state index is 12.2. The van der Waals surface area contributed by atoms with Gasteiger partial charge in [-0.2, -0.15) is 0 Å². The van der Waals surface area contributed by atoms with Gasteiger partial charge in [0.2, 0.25) is 11.8 Å². The molecule has 3 N–H and O–H groups in total. The van der Waals surface area contributed by atoms with Crippen LogP contribution < -0.4 is 5.32 Å². The highest BCUT2D eigenvalue weighted by atomic mass is 32.1. The second-order valence-corrected chi connectivity index (χ2v) is 6.27. The summed E-state index contributed by atoms with van der Waals surface area (Å²) in [7, 11) is 1.44. The van der Waals surface area contributed by atoms with Crippen molar-refractivity contribution < 1.29 is 19.5 Å². The van der Waals surface area contributed by atoms with E-state index in [4.69, 9.17) is 12.2 Å². The first-order chi connectivity index (χ1) is 12.4. The number of amides is 2. The predicted octanol–water partition coefficient (Wildman–Crippen LogP) is 0.724. The molecule has 3 rings (SSSR count). The molecule has 0 bridgehead atoms. The van der Waals surface area contributed by atoms with E-state index in [1.165, 1.54) is 7.05 Å². The van der Waals surface area contributed by atoms with Crippen molar-refractivity contribution in [3.05, 3.63) is 36.0 Å². The summed E-state index contributed by atoms with van der Waals surface area (Å²) >= 11 is 4.87. The number of thiocarbonyl (C=S) groups is 1. The zero-order valence-corrected chi connectivity index (χ0v) is 14.6. The largest absolute Gasteiger partial charge is 0.480 e. The lowest BCUT2D eigenvalue weighted by molar-refractivity contribution is -0.139. The summed E-state index contributed by atoms with van der Waals surface area (Å²) in [6.45, 7) is 0. The number of aliphatic carboxylic acids is 1. The van der Waals surface area contributed by atoms with Crippen LogP contribution in [0.2, 0.25) is 0 Å². The molecule has 0 saturated carbocycles. The highest BCUT2D eigenvalue weighted by Gasteiger charge is 2.35. The average molecular weight is 372 g/mol. The van der Waals surface area contributed by atoms with Crippen LogP contribution in [0, 0.1) is 5.92 Å². The Balaban J connectivity index is 1.81. The van der Waals surface area contributed by atoms with Gasteiger partial charge in [0.15, 0.2) is 17.1 Å². The molecule has 26 heavy (non-hydrogen) atoms. The highest BCUT2D eigenvalue weighted by molar-refractivity contribution is 7.80. The number of hydrogen-bond acceptors (Lipinski definition) is 5. The average Bonchev–Trinajstić information content (AvgIpc) is 3.01. The minimum atomic E-state index is -1.20. The van der Waals surface area contributed by atoms with E-state index in [1.807, 2.05) is 24.3 Å². The van der Waals surface area contributed by atoms with Crippen molar-refractivity contribution in [2.45, 2.75) is 12.5 Å². The fourth-order valence-electron chi connectivity index (χ4n) is 2.72. The van der Waals surface area contributed by atoms with Gasteiger partial charge < -0.3 is 15.4 Å². The van der Waals surface area contributed by atoms with E-state index in [-0.39, 0.29) is 11.5 Å². The monoisotopic (exact) mass is 372 g/mol. The minimum Gasteiger partial charge on any atom is -0.480 e. The van der Waals surface area contributed by atoms with Gasteiger partial charge in [0, 0.05) is 36.8 Å². The summed E-state index contributed by atoms with van der Waals surface area (Å²) in [6, 6.07) is 6.40. The van der Waals surface area contributed by atoms with Gasteiger partial charge in [-0.05, 0) is 23.8 Å². The summed E-state index contributed by atoms with van der Waals surface area (Å²) in [5, 5.41) is 12.8. The van der Waals surface area contributed by atoms with E-state index in [9.17, 15) is 19.5 Å². The molecule has 0 spiro atoms. The zero-order chi connectivity index (χ0) is 18.8. The third kappa shape index (κ3) is 3.33. The second kappa shape index (κ2) is 7.04. The summed E-state index contributed by atoms with van der Waals surface area (Å²) in [5.41, 5.74) is 1.69. The molecule has 134 valence electrons. The first kappa shape index (κ1) is 17.7. The number of hydrogen-bond donors (Lipinski definition) is 3. The van der Waals surface area contributed by atoms with Crippen molar-refractivity contribution in [2.24, 2.45) is 10.9 Å². The number of benzene rings is 1. The molecule has 2 amide bonds. The number of rotatable bonds is 5. The SMILES string of the molecule is CN1C(=O)[C@@H](C=N[C@H](Cc2c[nH]c3ccccc23)C(=O)O)C(=O)NC1=S. The fraction of sp³-hybridized carbons (Fsp3) is 0.235. The number of carbonyl (C=O) groups excluding carboxylic acids is 2. The van der Waals surface area contributed by atoms with E-state index >= 15 is 0 Å². The second-order valence-electron chi connectivity index (χ2n) is 5.89. The molecule has 8 nitrogen and oxygen atoms in total. The lowest BCUT2D eigenvalue weighted by atomic mass is 10.0. The van der Waals surface area contributed by atoms with Crippen molar-refractivity contribution in [3.63, 3.8) is 0 Å². The van der Waals surface area contributed by atoms with Gasteiger partial charge in [0.25, 0.3) is 0 Å². The lowest BCUT2D eigenvalue weighted by Gasteiger charge is -2.27. The van der Waals surface area contributed by atoms with Gasteiger partial charge in [-0.3, -0.25) is 19.5 Å². The van der Waals surface area contributed by atoms with Crippen LogP contribution in [0.4, 0.5) is 0 Å². The molecule has 1 saturated heterocycles. The Morgan fingerprint density at radius 2 is 2.15 bits per heavy atom. The normalized spacial score (nSPS) is 19.2. The zero-order valence-electron chi connectivity index (χ0n) is 13.8. The Hall–Kier alpha value is -3.07. The Morgan fingerprint density at radius 3 is 2.88 bits per heavy atom. The van der Waals surface area contributed by atoms with Crippen LogP contribution in [0.1, 0.15) is 5.56 Å². The van der Waals surface area contributed by atoms with Crippen LogP contribution in [0.15, 0.2) is 35.5 Å². The number of H-pyrrole nitrogens is 1. The first-order valence-corrected chi connectivity index (χ1v) is 8.23. The van der Waals surface area contributed by atoms with Crippen LogP contribution in [0.5, 0.6) is 0 Å². The third-order valence-electron chi connectivity index (χ3n) is 4.20. The van der Waals surface area contributed by atoms with Crippen LogP contribution in [-0.2, 0) is 20.8 Å². The summed E-state index contributed by atoms with van der Waals surface area (Å²) in [6.07, 6.45) is 2.96. The van der Waals surface area contributed by atoms with Crippen LogP contribution in [0.3, 0.4) is 0 Å². The molecule has 1 aliphatic rings. The molecule has 9 heteroatoms. The number of aliphatic imine (C=N–C) groups is 1. The van der Waals surface area contributed by atoms with Crippen LogP contribution >= 0.6 is 12.2 Å². The molecule has 2 atom stereocenters.